The molecule has 2 heterocycles. The molecule has 1 amide bonds. The number of para-hydroxylation sites is 2. The van der Waals surface area contributed by atoms with Gasteiger partial charge < -0.3 is 10.3 Å². The van der Waals surface area contributed by atoms with Crippen LogP contribution < -0.4 is 5.32 Å². The molecule has 0 aliphatic heterocycles. The van der Waals surface area contributed by atoms with Crippen LogP contribution in [-0.2, 0) is 11.3 Å². The van der Waals surface area contributed by atoms with Crippen molar-refractivity contribution >= 4 is 34.4 Å². The lowest BCUT2D eigenvalue weighted by Gasteiger charge is -2.16. The highest BCUT2D eigenvalue weighted by Gasteiger charge is 2.24. The first-order valence-electron chi connectivity index (χ1n) is 8.82. The molecule has 28 heavy (non-hydrogen) atoms. The van der Waals surface area contributed by atoms with Gasteiger partial charge in [-0.2, -0.15) is 16.9 Å². The van der Waals surface area contributed by atoms with Crippen LogP contribution in [0.2, 0.25) is 0 Å². The highest BCUT2D eigenvalue weighted by molar-refractivity contribution is 7.98. The van der Waals surface area contributed by atoms with E-state index >= 15 is 0 Å². The third-order valence-electron chi connectivity index (χ3n) is 4.50. The van der Waals surface area contributed by atoms with E-state index in [4.69, 9.17) is 0 Å². The van der Waals surface area contributed by atoms with Crippen LogP contribution in [0.25, 0.3) is 11.0 Å². The molecule has 0 spiro atoms. The van der Waals surface area contributed by atoms with Crippen LogP contribution in [0, 0.1) is 24.0 Å². The Morgan fingerprint density at radius 1 is 1.39 bits per heavy atom. The number of nitrogens with zero attached hydrogens (tertiary/aromatic N) is 4. The molecule has 1 aromatic carbocycles. The summed E-state index contributed by atoms with van der Waals surface area (Å²) in [5.41, 5.74) is 2.36. The number of thioether (sulfide) groups is 1. The van der Waals surface area contributed by atoms with E-state index in [0.717, 1.165) is 16.8 Å². The number of nitrogens with one attached hydrogen (secondary N) is 2. The summed E-state index contributed by atoms with van der Waals surface area (Å²) in [6.45, 7) is 3.07. The second-order valence-corrected chi connectivity index (χ2v) is 7.46. The predicted octanol–water partition coefficient (Wildman–Crippen LogP) is 2.90. The van der Waals surface area contributed by atoms with Gasteiger partial charge in [-0.15, -0.1) is 0 Å². The molecule has 0 unspecified atom stereocenters. The van der Waals surface area contributed by atoms with E-state index in [1.807, 2.05) is 30.5 Å². The predicted molar refractivity (Wildman–Crippen MR) is 108 cm³/mol. The van der Waals surface area contributed by atoms with Crippen LogP contribution >= 0.6 is 11.8 Å². The van der Waals surface area contributed by atoms with Crippen molar-refractivity contribution in [3.63, 3.8) is 0 Å². The average Bonchev–Trinajstić information content (AvgIpc) is 3.19. The third kappa shape index (κ3) is 4.16. The fraction of sp³-hybridized carbons (Fsp3) is 0.389. The van der Waals surface area contributed by atoms with Gasteiger partial charge in [-0.05, 0) is 44.4 Å². The summed E-state index contributed by atoms with van der Waals surface area (Å²) in [7, 11) is 0. The number of aromatic nitrogens is 4. The van der Waals surface area contributed by atoms with Crippen molar-refractivity contribution in [2.75, 3.05) is 12.0 Å². The summed E-state index contributed by atoms with van der Waals surface area (Å²) in [6.07, 6.45) is 2.72. The van der Waals surface area contributed by atoms with E-state index in [2.05, 4.69) is 20.4 Å². The van der Waals surface area contributed by atoms with Crippen LogP contribution in [0.4, 0.5) is 5.69 Å². The number of imidazole rings is 1. The molecule has 10 heteroatoms. The maximum Gasteiger partial charge on any atom is 0.312 e. The second kappa shape index (κ2) is 8.42. The van der Waals surface area contributed by atoms with Gasteiger partial charge in [-0.25, -0.2) is 4.98 Å². The van der Waals surface area contributed by atoms with Gasteiger partial charge in [0.05, 0.1) is 22.0 Å². The van der Waals surface area contributed by atoms with Crippen molar-refractivity contribution in [2.24, 2.45) is 0 Å². The van der Waals surface area contributed by atoms with Crippen LogP contribution in [0.5, 0.6) is 0 Å². The SMILES string of the molecule is CSCC[C@@H](NC(=O)Cn1nc(C)c([N+](=O)[O-])c1C)c1nc2ccccc2[nH]1. The molecule has 0 fully saturated rings. The van der Waals surface area contributed by atoms with Crippen molar-refractivity contribution < 1.29 is 9.72 Å². The van der Waals surface area contributed by atoms with Crippen molar-refractivity contribution in [2.45, 2.75) is 32.9 Å². The largest absolute Gasteiger partial charge is 0.345 e. The lowest BCUT2D eigenvalue weighted by molar-refractivity contribution is -0.386. The number of H-pyrrole nitrogens is 1. The van der Waals surface area contributed by atoms with E-state index in [9.17, 15) is 14.9 Å². The zero-order valence-corrected chi connectivity index (χ0v) is 16.7. The molecule has 0 aliphatic rings. The normalized spacial score (nSPS) is 12.2. The Hall–Kier alpha value is -2.88. The van der Waals surface area contributed by atoms with Crippen molar-refractivity contribution in [3.05, 3.63) is 51.6 Å². The number of fused-ring (bicyclic) bond motifs is 1. The van der Waals surface area contributed by atoms with E-state index in [0.29, 0.717) is 23.6 Å². The van der Waals surface area contributed by atoms with Gasteiger partial charge in [0, 0.05) is 0 Å². The molecular weight excluding hydrogens is 380 g/mol. The number of hydrogen-bond acceptors (Lipinski definition) is 6. The molecule has 1 atom stereocenters. The summed E-state index contributed by atoms with van der Waals surface area (Å²) in [5.74, 6) is 1.28. The minimum atomic E-state index is -0.470. The summed E-state index contributed by atoms with van der Waals surface area (Å²) in [4.78, 5) is 31.2. The highest BCUT2D eigenvalue weighted by Crippen LogP contribution is 2.22. The Kier molecular flexibility index (Phi) is 5.98. The quantitative estimate of drug-likeness (QED) is 0.442. The number of nitro groups is 1. The number of carbonyl (C=O) groups excluding carboxylic acids is 1. The first-order chi connectivity index (χ1) is 13.4. The fourth-order valence-electron chi connectivity index (χ4n) is 3.13. The lowest BCUT2D eigenvalue weighted by atomic mass is 10.2. The van der Waals surface area contributed by atoms with Crippen molar-refractivity contribution in [1.82, 2.24) is 25.1 Å². The van der Waals surface area contributed by atoms with Gasteiger partial charge in [-0.1, -0.05) is 12.1 Å². The smallest absolute Gasteiger partial charge is 0.312 e. The molecule has 0 saturated carbocycles. The van der Waals surface area contributed by atoms with Gasteiger partial charge >= 0.3 is 5.69 Å². The van der Waals surface area contributed by atoms with E-state index < -0.39 is 4.92 Å². The monoisotopic (exact) mass is 402 g/mol. The Labute approximate surface area is 166 Å². The molecule has 2 aromatic heterocycles. The standard InChI is InChI=1S/C18H22N6O3S/c1-11-17(24(26)27)12(2)23(22-11)10-16(25)19-15(8-9-28-3)18-20-13-6-4-5-7-14(13)21-18/h4-7,15H,8-10H2,1-3H3,(H,19,25)(H,20,21)/t15-/m1/s1. The number of benzene rings is 1. The van der Waals surface area contributed by atoms with Crippen LogP contribution in [0.15, 0.2) is 24.3 Å². The highest BCUT2D eigenvalue weighted by atomic mass is 32.2. The first kappa shape index (κ1) is 19.9. The number of carbonyl (C=O) groups is 1. The molecule has 9 nitrogen and oxygen atoms in total. The topological polar surface area (TPSA) is 119 Å². The van der Waals surface area contributed by atoms with Gasteiger partial charge in [0.15, 0.2) is 0 Å². The number of amides is 1. The fourth-order valence-corrected chi connectivity index (χ4v) is 3.60. The summed E-state index contributed by atoms with van der Waals surface area (Å²) in [5, 5.41) is 18.3. The number of aryl methyl sites for hydroxylation is 1. The molecule has 3 rings (SSSR count). The summed E-state index contributed by atoms with van der Waals surface area (Å²) in [6, 6.07) is 7.42. The minimum absolute atomic E-state index is 0.0518. The maximum absolute atomic E-state index is 12.6. The van der Waals surface area contributed by atoms with E-state index in [1.165, 1.54) is 4.68 Å². The molecule has 0 saturated heterocycles. The van der Waals surface area contributed by atoms with Gasteiger partial charge in [0.25, 0.3) is 0 Å². The molecule has 0 aliphatic carbocycles. The average molecular weight is 402 g/mol. The molecule has 3 aromatic rings. The Balaban J connectivity index is 1.78. The Bertz CT molecular complexity index is 979. The van der Waals surface area contributed by atoms with Crippen LogP contribution in [0.1, 0.15) is 29.7 Å². The molecule has 0 radical (unpaired) electrons. The Morgan fingerprint density at radius 3 is 2.79 bits per heavy atom. The molecule has 2 N–H and O–H groups in total. The number of aromatic amines is 1. The lowest BCUT2D eigenvalue weighted by Crippen LogP contribution is -2.33. The molecular formula is C18H22N6O3S. The zero-order chi connectivity index (χ0) is 20.3. The number of hydrogen-bond donors (Lipinski definition) is 2. The van der Waals surface area contributed by atoms with Crippen LogP contribution in [-0.4, -0.2) is 42.6 Å². The van der Waals surface area contributed by atoms with Gasteiger partial charge in [0.2, 0.25) is 5.91 Å². The summed E-state index contributed by atoms with van der Waals surface area (Å²) >= 11 is 1.69. The van der Waals surface area contributed by atoms with E-state index in [1.54, 1.807) is 25.6 Å². The number of rotatable bonds is 8. The van der Waals surface area contributed by atoms with Crippen LogP contribution in [0.3, 0.4) is 0 Å². The molecule has 148 valence electrons. The van der Waals surface area contributed by atoms with E-state index in [-0.39, 0.29) is 24.2 Å². The zero-order valence-electron chi connectivity index (χ0n) is 15.9. The summed E-state index contributed by atoms with van der Waals surface area (Å²) < 4.78 is 1.37. The van der Waals surface area contributed by atoms with Crippen molar-refractivity contribution in [3.8, 4) is 0 Å². The van der Waals surface area contributed by atoms with Gasteiger partial charge in [0.1, 0.15) is 23.8 Å². The maximum atomic E-state index is 12.6. The molecule has 0 bridgehead atoms. The van der Waals surface area contributed by atoms with Crippen molar-refractivity contribution in [1.29, 1.82) is 0 Å². The second-order valence-electron chi connectivity index (χ2n) is 6.47. The first-order valence-corrected chi connectivity index (χ1v) is 10.2. The van der Waals surface area contributed by atoms with Gasteiger partial charge in [-0.3, -0.25) is 19.6 Å². The Morgan fingerprint density at radius 2 is 2.14 bits per heavy atom. The third-order valence-corrected chi connectivity index (χ3v) is 5.15. The minimum Gasteiger partial charge on any atom is -0.345 e.